The fourth-order valence-electron chi connectivity index (χ4n) is 3.87. The van der Waals surface area contributed by atoms with Gasteiger partial charge in [0.25, 0.3) is 5.91 Å². The van der Waals surface area contributed by atoms with Crippen LogP contribution in [0.1, 0.15) is 48.5 Å². The van der Waals surface area contributed by atoms with Crippen molar-refractivity contribution in [2.75, 3.05) is 26.2 Å². The van der Waals surface area contributed by atoms with Gasteiger partial charge in [-0.05, 0) is 61.9 Å². The number of benzene rings is 2. The molecule has 33 heavy (non-hydrogen) atoms. The number of carbonyl (C=O) groups is 3. The summed E-state index contributed by atoms with van der Waals surface area (Å²) in [6, 6.07) is 14.4. The molecular formula is C26H32N2O5. The van der Waals surface area contributed by atoms with Gasteiger partial charge < -0.3 is 19.7 Å². The Kier molecular flexibility index (Phi) is 8.87. The molecule has 0 radical (unpaired) electrons. The van der Waals surface area contributed by atoms with E-state index in [-0.39, 0.29) is 11.8 Å². The topological polar surface area (TPSA) is 84.9 Å². The molecule has 1 saturated heterocycles. The molecule has 1 aliphatic rings. The van der Waals surface area contributed by atoms with E-state index < -0.39 is 5.97 Å². The van der Waals surface area contributed by atoms with Crippen molar-refractivity contribution in [2.45, 2.75) is 39.5 Å². The van der Waals surface area contributed by atoms with Crippen molar-refractivity contribution < 1.29 is 23.9 Å². The highest BCUT2D eigenvalue weighted by Gasteiger charge is 2.23. The van der Waals surface area contributed by atoms with Crippen LogP contribution in [-0.2, 0) is 9.59 Å². The second kappa shape index (κ2) is 12.0. The first-order valence-electron chi connectivity index (χ1n) is 11.5. The number of piperidine rings is 1. The number of nitrogens with zero attached hydrogens (tertiary/aromatic N) is 1. The third-order valence-corrected chi connectivity index (χ3v) is 5.76. The van der Waals surface area contributed by atoms with Gasteiger partial charge in [-0.25, -0.2) is 0 Å². The summed E-state index contributed by atoms with van der Waals surface area (Å²) in [6.07, 6.45) is 2.89. The summed E-state index contributed by atoms with van der Waals surface area (Å²) in [5, 5.41) is 2.96. The zero-order valence-electron chi connectivity index (χ0n) is 19.3. The number of hydrogen-bond donors (Lipinski definition) is 1. The number of esters is 1. The molecule has 176 valence electrons. The van der Waals surface area contributed by atoms with E-state index in [0.29, 0.717) is 56.3 Å². The normalized spacial score (nSPS) is 13.9. The molecule has 0 spiro atoms. The molecule has 1 N–H and O–H groups in total. The Morgan fingerprint density at radius 3 is 2.55 bits per heavy atom. The number of hydrogen-bond acceptors (Lipinski definition) is 5. The summed E-state index contributed by atoms with van der Waals surface area (Å²) in [6.45, 7) is 5.83. The lowest BCUT2D eigenvalue weighted by molar-refractivity contribution is -0.133. The first-order chi connectivity index (χ1) is 15.9. The molecule has 0 aliphatic carbocycles. The van der Waals surface area contributed by atoms with E-state index in [4.69, 9.17) is 9.47 Å². The van der Waals surface area contributed by atoms with Gasteiger partial charge in [0.05, 0.1) is 6.61 Å². The monoisotopic (exact) mass is 452 g/mol. The number of rotatable bonds is 9. The average molecular weight is 453 g/mol. The molecule has 1 heterocycles. The first kappa shape index (κ1) is 24.3. The molecule has 1 fully saturated rings. The molecule has 1 aliphatic heterocycles. The van der Waals surface area contributed by atoms with Gasteiger partial charge in [-0.2, -0.15) is 0 Å². The molecule has 0 bridgehead atoms. The fourth-order valence-corrected chi connectivity index (χ4v) is 3.87. The van der Waals surface area contributed by atoms with Gasteiger partial charge >= 0.3 is 5.97 Å². The summed E-state index contributed by atoms with van der Waals surface area (Å²) in [5.74, 6) is 1.09. The molecule has 0 saturated carbocycles. The van der Waals surface area contributed by atoms with E-state index in [1.807, 2.05) is 36.1 Å². The van der Waals surface area contributed by atoms with E-state index in [1.54, 1.807) is 24.3 Å². The molecule has 7 heteroatoms. The molecule has 0 aromatic heterocycles. The number of nitrogens with one attached hydrogen (secondary N) is 1. The molecule has 7 nitrogen and oxygen atoms in total. The van der Waals surface area contributed by atoms with E-state index in [2.05, 4.69) is 5.32 Å². The van der Waals surface area contributed by atoms with Gasteiger partial charge in [-0.15, -0.1) is 0 Å². The second-order valence-corrected chi connectivity index (χ2v) is 8.37. The van der Waals surface area contributed by atoms with Crippen LogP contribution in [-0.4, -0.2) is 48.9 Å². The number of carbonyl (C=O) groups excluding carboxylic acids is 3. The van der Waals surface area contributed by atoms with E-state index in [9.17, 15) is 14.4 Å². The maximum atomic E-state index is 12.5. The maximum Gasteiger partial charge on any atom is 0.308 e. The smallest absolute Gasteiger partial charge is 0.308 e. The molecule has 2 aromatic carbocycles. The van der Waals surface area contributed by atoms with E-state index >= 15 is 0 Å². The summed E-state index contributed by atoms with van der Waals surface area (Å²) < 4.78 is 10.8. The van der Waals surface area contributed by atoms with Gasteiger partial charge in [-0.3, -0.25) is 14.4 Å². The fraction of sp³-hybridized carbons (Fsp3) is 0.423. The second-order valence-electron chi connectivity index (χ2n) is 8.37. The standard InChI is InChI=1S/C26H32N2O5/c1-19-7-3-4-10-24(19)32-16-6-11-25(30)28-14-12-21(13-15-28)18-27-26(31)22-8-5-9-23(17-22)33-20(2)29/h3-5,7-10,17,21H,6,11-16,18H2,1-2H3,(H,27,31). The SMILES string of the molecule is CC(=O)Oc1cccc(C(=O)NCC2CCN(C(=O)CCCOc3ccccc3C)CC2)c1. The first-order valence-corrected chi connectivity index (χ1v) is 11.5. The Hall–Kier alpha value is -3.35. The van der Waals surface area contributed by atoms with Crippen LogP contribution in [0.4, 0.5) is 0 Å². The van der Waals surface area contributed by atoms with E-state index in [0.717, 1.165) is 24.2 Å². The lowest BCUT2D eigenvalue weighted by Gasteiger charge is -2.32. The Labute approximate surface area is 195 Å². The third-order valence-electron chi connectivity index (χ3n) is 5.76. The van der Waals surface area contributed by atoms with Crippen LogP contribution >= 0.6 is 0 Å². The molecule has 2 amide bonds. The van der Waals surface area contributed by atoms with Gasteiger partial charge in [0.15, 0.2) is 0 Å². The predicted molar refractivity (Wildman–Crippen MR) is 125 cm³/mol. The quantitative estimate of drug-likeness (QED) is 0.356. The summed E-state index contributed by atoms with van der Waals surface area (Å²) >= 11 is 0. The predicted octanol–water partition coefficient (Wildman–Crippen LogP) is 3.75. The number of ether oxygens (including phenoxy) is 2. The van der Waals surface area contributed by atoms with Crippen molar-refractivity contribution in [2.24, 2.45) is 5.92 Å². The zero-order chi connectivity index (χ0) is 23.6. The van der Waals surface area contributed by atoms with Crippen LogP contribution < -0.4 is 14.8 Å². The van der Waals surface area contributed by atoms with Crippen molar-refractivity contribution in [3.63, 3.8) is 0 Å². The minimum absolute atomic E-state index is 0.160. The summed E-state index contributed by atoms with van der Waals surface area (Å²) in [7, 11) is 0. The van der Waals surface area contributed by atoms with Crippen LogP contribution in [0.15, 0.2) is 48.5 Å². The van der Waals surface area contributed by atoms with Gasteiger partial charge in [0.2, 0.25) is 5.91 Å². The van der Waals surface area contributed by atoms with Crippen molar-refractivity contribution in [1.29, 1.82) is 0 Å². The van der Waals surface area contributed by atoms with Crippen LogP contribution in [0.5, 0.6) is 11.5 Å². The number of para-hydroxylation sites is 1. The highest BCUT2D eigenvalue weighted by Crippen LogP contribution is 2.19. The number of aryl methyl sites for hydroxylation is 1. The van der Waals surface area contributed by atoms with Crippen LogP contribution in [0.25, 0.3) is 0 Å². The molecule has 0 atom stereocenters. The third kappa shape index (κ3) is 7.63. The van der Waals surface area contributed by atoms with Gasteiger partial charge in [0.1, 0.15) is 11.5 Å². The van der Waals surface area contributed by atoms with Crippen LogP contribution in [0, 0.1) is 12.8 Å². The highest BCUT2D eigenvalue weighted by molar-refractivity contribution is 5.94. The van der Waals surface area contributed by atoms with E-state index in [1.165, 1.54) is 6.92 Å². The van der Waals surface area contributed by atoms with Gasteiger partial charge in [-0.1, -0.05) is 24.3 Å². The lowest BCUT2D eigenvalue weighted by atomic mass is 9.96. The minimum Gasteiger partial charge on any atom is -0.493 e. The minimum atomic E-state index is -0.423. The van der Waals surface area contributed by atoms with Gasteiger partial charge in [0, 0.05) is 38.5 Å². The van der Waals surface area contributed by atoms with Crippen LogP contribution in [0.2, 0.25) is 0 Å². The summed E-state index contributed by atoms with van der Waals surface area (Å²) in [4.78, 5) is 37.9. The zero-order valence-corrected chi connectivity index (χ0v) is 19.3. The Morgan fingerprint density at radius 2 is 1.82 bits per heavy atom. The van der Waals surface area contributed by atoms with Crippen molar-refractivity contribution >= 4 is 17.8 Å². The van der Waals surface area contributed by atoms with Crippen molar-refractivity contribution in [3.05, 3.63) is 59.7 Å². The maximum absolute atomic E-state index is 12.5. The lowest BCUT2D eigenvalue weighted by Crippen LogP contribution is -2.41. The van der Waals surface area contributed by atoms with Crippen molar-refractivity contribution in [1.82, 2.24) is 10.2 Å². The number of amides is 2. The highest BCUT2D eigenvalue weighted by atomic mass is 16.5. The summed E-state index contributed by atoms with van der Waals surface area (Å²) in [5.41, 5.74) is 1.55. The average Bonchev–Trinajstić information content (AvgIpc) is 2.81. The molecule has 3 rings (SSSR count). The van der Waals surface area contributed by atoms with Crippen LogP contribution in [0.3, 0.4) is 0 Å². The molecule has 2 aromatic rings. The molecule has 0 unspecified atom stereocenters. The largest absolute Gasteiger partial charge is 0.493 e. The number of likely N-dealkylation sites (tertiary alicyclic amines) is 1. The Bertz CT molecular complexity index is 967. The van der Waals surface area contributed by atoms with Crippen molar-refractivity contribution in [3.8, 4) is 11.5 Å². The Morgan fingerprint density at radius 1 is 1.06 bits per heavy atom. The Balaban J connectivity index is 1.34. The molecular weight excluding hydrogens is 420 g/mol.